The maximum atomic E-state index is 11.4. The Balaban J connectivity index is 1.68. The third-order valence-corrected chi connectivity index (χ3v) is 4.81. The average Bonchev–Trinajstić information content (AvgIpc) is 2.71. The van der Waals surface area contributed by atoms with Crippen molar-refractivity contribution in [2.24, 2.45) is 0 Å². The second kappa shape index (κ2) is 4.69. The van der Waals surface area contributed by atoms with E-state index in [2.05, 4.69) is 24.3 Å². The largest absolute Gasteiger partial charge is 0.295 e. The van der Waals surface area contributed by atoms with Crippen molar-refractivity contribution in [2.75, 3.05) is 0 Å². The van der Waals surface area contributed by atoms with Gasteiger partial charge in [-0.3, -0.25) is 4.79 Å². The van der Waals surface area contributed by atoms with Crippen molar-refractivity contribution in [1.29, 1.82) is 0 Å². The number of ketones is 1. The number of thioether (sulfide) groups is 1. The first kappa shape index (κ1) is 11.1. The molecule has 2 heteroatoms. The summed E-state index contributed by atoms with van der Waals surface area (Å²) in [5.41, 5.74) is 2.84. The van der Waals surface area contributed by atoms with Gasteiger partial charge in [-0.15, -0.1) is 11.8 Å². The Bertz CT molecular complexity index is 451. The molecule has 0 spiro atoms. The Morgan fingerprint density at radius 2 is 2.12 bits per heavy atom. The molecule has 1 aliphatic carbocycles. The molecular formula is C15H16OS. The maximum absolute atomic E-state index is 11.4. The molecular weight excluding hydrogens is 228 g/mol. The summed E-state index contributed by atoms with van der Waals surface area (Å²) in [6.45, 7) is 0. The second-order valence-corrected chi connectivity index (χ2v) is 6.22. The van der Waals surface area contributed by atoms with Crippen molar-refractivity contribution in [3.05, 3.63) is 41.5 Å². The van der Waals surface area contributed by atoms with Crippen LogP contribution in [0.1, 0.15) is 31.2 Å². The van der Waals surface area contributed by atoms with E-state index in [1.807, 2.05) is 17.8 Å². The second-order valence-electron chi connectivity index (χ2n) is 4.88. The van der Waals surface area contributed by atoms with E-state index in [4.69, 9.17) is 0 Å². The Hall–Kier alpha value is -1.02. The molecule has 0 aromatic heterocycles. The number of benzene rings is 1. The van der Waals surface area contributed by atoms with Gasteiger partial charge in [-0.25, -0.2) is 0 Å². The molecule has 1 aromatic rings. The van der Waals surface area contributed by atoms with Gasteiger partial charge in [0.15, 0.2) is 5.78 Å². The van der Waals surface area contributed by atoms with E-state index in [0.717, 1.165) is 32.1 Å². The molecule has 1 heterocycles. The summed E-state index contributed by atoms with van der Waals surface area (Å²) in [4.78, 5) is 12.8. The first-order valence-corrected chi connectivity index (χ1v) is 7.16. The Morgan fingerprint density at radius 1 is 1.24 bits per heavy atom. The van der Waals surface area contributed by atoms with Crippen LogP contribution in [0.5, 0.6) is 0 Å². The smallest absolute Gasteiger partial charge is 0.155 e. The van der Waals surface area contributed by atoms with Crippen molar-refractivity contribution in [1.82, 2.24) is 0 Å². The Kier molecular flexibility index (Phi) is 3.06. The van der Waals surface area contributed by atoms with Crippen molar-refractivity contribution < 1.29 is 4.79 Å². The van der Waals surface area contributed by atoms with E-state index in [1.54, 1.807) is 0 Å². The molecule has 1 aromatic carbocycles. The molecule has 1 aliphatic heterocycles. The van der Waals surface area contributed by atoms with Gasteiger partial charge in [-0.05, 0) is 43.4 Å². The Labute approximate surface area is 106 Å². The van der Waals surface area contributed by atoms with Gasteiger partial charge in [0.2, 0.25) is 0 Å². The van der Waals surface area contributed by atoms with Crippen molar-refractivity contribution in [3.63, 3.8) is 0 Å². The summed E-state index contributed by atoms with van der Waals surface area (Å²) in [6.07, 6.45) is 7.07. The lowest BCUT2D eigenvalue weighted by Crippen LogP contribution is -2.08. The third-order valence-electron chi connectivity index (χ3n) is 3.49. The zero-order chi connectivity index (χ0) is 11.7. The van der Waals surface area contributed by atoms with Crippen molar-refractivity contribution >= 4 is 17.5 Å². The zero-order valence-corrected chi connectivity index (χ0v) is 10.6. The maximum Gasteiger partial charge on any atom is 0.155 e. The minimum absolute atomic E-state index is 0.326. The van der Waals surface area contributed by atoms with Gasteiger partial charge in [0.1, 0.15) is 0 Å². The van der Waals surface area contributed by atoms with Crippen LogP contribution in [0.2, 0.25) is 0 Å². The van der Waals surface area contributed by atoms with Gasteiger partial charge in [0.25, 0.3) is 0 Å². The standard InChI is InChI=1S/C15H16OS/c16-13-6-3-4-11(8-13)9-14-10-12-5-1-2-7-15(12)17-14/h1-2,5,7-8,14H,3-4,6,9-10H2. The number of fused-ring (bicyclic) bond motifs is 1. The summed E-state index contributed by atoms with van der Waals surface area (Å²) >= 11 is 1.98. The number of allylic oxidation sites excluding steroid dienone is 2. The van der Waals surface area contributed by atoms with Crippen LogP contribution in [0, 0.1) is 0 Å². The minimum atomic E-state index is 0.326. The summed E-state index contributed by atoms with van der Waals surface area (Å²) in [7, 11) is 0. The van der Waals surface area contributed by atoms with Crippen LogP contribution in [-0.4, -0.2) is 11.0 Å². The van der Waals surface area contributed by atoms with Crippen LogP contribution in [-0.2, 0) is 11.2 Å². The highest BCUT2D eigenvalue weighted by atomic mass is 32.2. The van der Waals surface area contributed by atoms with E-state index in [9.17, 15) is 4.79 Å². The van der Waals surface area contributed by atoms with Crippen LogP contribution < -0.4 is 0 Å². The normalized spacial score (nSPS) is 23.4. The van der Waals surface area contributed by atoms with Gasteiger partial charge < -0.3 is 0 Å². The highest BCUT2D eigenvalue weighted by Crippen LogP contribution is 2.40. The molecule has 0 radical (unpaired) electrons. The summed E-state index contributed by atoms with van der Waals surface area (Å²) in [5.74, 6) is 0.326. The van der Waals surface area contributed by atoms with E-state index >= 15 is 0 Å². The highest BCUT2D eigenvalue weighted by Gasteiger charge is 2.23. The molecule has 0 saturated carbocycles. The van der Waals surface area contributed by atoms with Gasteiger partial charge >= 0.3 is 0 Å². The topological polar surface area (TPSA) is 17.1 Å². The first-order chi connectivity index (χ1) is 8.31. The van der Waals surface area contributed by atoms with Gasteiger partial charge in [0, 0.05) is 16.6 Å². The Morgan fingerprint density at radius 3 is 2.94 bits per heavy atom. The quantitative estimate of drug-likeness (QED) is 0.787. The predicted octanol–water partition coefficient (Wildman–Crippen LogP) is 3.77. The third kappa shape index (κ3) is 2.47. The van der Waals surface area contributed by atoms with E-state index in [1.165, 1.54) is 16.0 Å². The number of carbonyl (C=O) groups excluding carboxylic acids is 1. The lowest BCUT2D eigenvalue weighted by molar-refractivity contribution is -0.115. The van der Waals surface area contributed by atoms with E-state index in [-0.39, 0.29) is 0 Å². The summed E-state index contributed by atoms with van der Waals surface area (Å²) in [5, 5.41) is 0.643. The average molecular weight is 244 g/mol. The number of hydrogen-bond acceptors (Lipinski definition) is 2. The van der Waals surface area contributed by atoms with E-state index < -0.39 is 0 Å². The minimum Gasteiger partial charge on any atom is -0.295 e. The van der Waals surface area contributed by atoms with Crippen LogP contribution in [0.25, 0.3) is 0 Å². The first-order valence-electron chi connectivity index (χ1n) is 6.28. The molecule has 1 atom stereocenters. The predicted molar refractivity (Wildman–Crippen MR) is 71.3 cm³/mol. The lowest BCUT2D eigenvalue weighted by atomic mass is 9.94. The molecule has 17 heavy (non-hydrogen) atoms. The van der Waals surface area contributed by atoms with Gasteiger partial charge in [-0.2, -0.15) is 0 Å². The number of hydrogen-bond donors (Lipinski definition) is 0. The molecule has 0 bridgehead atoms. The molecule has 2 aliphatic rings. The molecule has 0 N–H and O–H groups in total. The molecule has 1 nitrogen and oxygen atoms in total. The van der Waals surface area contributed by atoms with E-state index in [0.29, 0.717) is 11.0 Å². The van der Waals surface area contributed by atoms with Crippen molar-refractivity contribution in [2.45, 2.75) is 42.2 Å². The molecule has 88 valence electrons. The SMILES string of the molecule is O=C1C=C(CC2Cc3ccccc3S2)CCC1. The van der Waals surface area contributed by atoms with Crippen LogP contribution in [0.15, 0.2) is 40.8 Å². The van der Waals surface area contributed by atoms with Gasteiger partial charge in [-0.1, -0.05) is 23.8 Å². The summed E-state index contributed by atoms with van der Waals surface area (Å²) < 4.78 is 0. The van der Waals surface area contributed by atoms with Crippen LogP contribution in [0.3, 0.4) is 0 Å². The molecule has 0 amide bonds. The van der Waals surface area contributed by atoms with Crippen LogP contribution in [0.4, 0.5) is 0 Å². The molecule has 0 fully saturated rings. The van der Waals surface area contributed by atoms with Gasteiger partial charge in [0.05, 0.1) is 0 Å². The number of carbonyl (C=O) groups is 1. The number of rotatable bonds is 2. The fourth-order valence-corrected chi connectivity index (χ4v) is 4.06. The fraction of sp³-hybridized carbons (Fsp3) is 0.400. The lowest BCUT2D eigenvalue weighted by Gasteiger charge is -2.15. The molecule has 3 rings (SSSR count). The monoisotopic (exact) mass is 244 g/mol. The molecule has 0 saturated heterocycles. The molecule has 1 unspecified atom stereocenters. The van der Waals surface area contributed by atoms with Crippen molar-refractivity contribution in [3.8, 4) is 0 Å². The fourth-order valence-electron chi connectivity index (χ4n) is 2.68. The van der Waals surface area contributed by atoms with Crippen LogP contribution >= 0.6 is 11.8 Å². The zero-order valence-electron chi connectivity index (χ0n) is 9.82. The summed E-state index contributed by atoms with van der Waals surface area (Å²) in [6, 6.07) is 8.66. The highest BCUT2D eigenvalue weighted by molar-refractivity contribution is 8.00.